The molecule has 0 aromatic carbocycles. The maximum absolute atomic E-state index is 11.9. The van der Waals surface area contributed by atoms with Crippen LogP contribution in [0.5, 0.6) is 0 Å². The van der Waals surface area contributed by atoms with Crippen LogP contribution in [0, 0.1) is 0 Å². The van der Waals surface area contributed by atoms with Gasteiger partial charge in [0.05, 0.1) is 12.7 Å². The van der Waals surface area contributed by atoms with Crippen LogP contribution in [0.2, 0.25) is 0 Å². The average Bonchev–Trinajstić information content (AvgIpc) is 2.18. The number of hydrogen-bond donors (Lipinski definition) is 1. The topological polar surface area (TPSA) is 41.6 Å². The van der Waals surface area contributed by atoms with E-state index in [-0.39, 0.29) is 30.5 Å². The summed E-state index contributed by atoms with van der Waals surface area (Å²) in [6.45, 7) is 6.28. The zero-order valence-corrected chi connectivity index (χ0v) is 10.5. The molecule has 0 spiro atoms. The zero-order valence-electron chi connectivity index (χ0n) is 9.66. The number of carbonyl (C=O) groups is 1. The van der Waals surface area contributed by atoms with Gasteiger partial charge in [-0.2, -0.15) is 0 Å². The summed E-state index contributed by atoms with van der Waals surface area (Å²) in [5, 5.41) is 3.19. The first-order valence-corrected chi connectivity index (χ1v) is 5.26. The van der Waals surface area contributed by atoms with Gasteiger partial charge in [-0.05, 0) is 13.3 Å². The minimum atomic E-state index is -0.166. The van der Waals surface area contributed by atoms with E-state index in [4.69, 9.17) is 4.74 Å². The van der Waals surface area contributed by atoms with Gasteiger partial charge >= 0.3 is 0 Å². The summed E-state index contributed by atoms with van der Waals surface area (Å²) >= 11 is 0. The van der Waals surface area contributed by atoms with E-state index in [1.54, 1.807) is 4.90 Å². The lowest BCUT2D eigenvalue weighted by Crippen LogP contribution is -2.55. The molecule has 15 heavy (non-hydrogen) atoms. The fourth-order valence-electron chi connectivity index (χ4n) is 1.69. The normalized spacial score (nSPS) is 25.5. The Hall–Kier alpha value is -0.320. The van der Waals surface area contributed by atoms with E-state index in [2.05, 4.69) is 12.2 Å². The number of amides is 1. The van der Waals surface area contributed by atoms with Crippen LogP contribution < -0.4 is 5.32 Å². The number of carbonyl (C=O) groups excluding carboxylic acids is 1. The fourth-order valence-corrected chi connectivity index (χ4v) is 1.69. The Balaban J connectivity index is 0.00000196. The van der Waals surface area contributed by atoms with Crippen LogP contribution in [0.25, 0.3) is 0 Å². The Morgan fingerprint density at radius 1 is 1.60 bits per heavy atom. The number of rotatable bonds is 3. The third kappa shape index (κ3) is 3.97. The third-order valence-electron chi connectivity index (χ3n) is 2.52. The summed E-state index contributed by atoms with van der Waals surface area (Å²) in [6, 6.07) is -0.166. The van der Waals surface area contributed by atoms with Crippen LogP contribution in [-0.2, 0) is 9.53 Å². The number of hydrogen-bond acceptors (Lipinski definition) is 3. The van der Waals surface area contributed by atoms with Crippen LogP contribution in [0.1, 0.15) is 20.3 Å². The summed E-state index contributed by atoms with van der Waals surface area (Å²) in [7, 11) is 1.84. The second kappa shape index (κ2) is 7.04. The molecule has 0 aliphatic carbocycles. The number of halogens is 1. The Morgan fingerprint density at radius 2 is 2.27 bits per heavy atom. The molecule has 1 heterocycles. The van der Waals surface area contributed by atoms with Crippen molar-refractivity contribution in [1.82, 2.24) is 10.2 Å². The van der Waals surface area contributed by atoms with Crippen LogP contribution in [0.3, 0.4) is 0 Å². The summed E-state index contributed by atoms with van der Waals surface area (Å²) in [5.74, 6) is 0.138. The predicted octanol–water partition coefficient (Wildman–Crippen LogP) is 0.653. The van der Waals surface area contributed by atoms with Gasteiger partial charge in [0.15, 0.2) is 0 Å². The molecule has 90 valence electrons. The van der Waals surface area contributed by atoms with E-state index < -0.39 is 0 Å². The van der Waals surface area contributed by atoms with Crippen LogP contribution >= 0.6 is 12.4 Å². The highest BCUT2D eigenvalue weighted by Crippen LogP contribution is 2.06. The SMILES string of the molecule is CCCN(C)C(=O)[C@H]1NCCO[C@@H]1C.Cl. The number of nitrogens with one attached hydrogen (secondary N) is 1. The molecule has 0 unspecified atom stereocenters. The van der Waals surface area contributed by atoms with Crippen LogP contribution in [0.15, 0.2) is 0 Å². The number of ether oxygens (including phenoxy) is 1. The summed E-state index contributed by atoms with van der Waals surface area (Å²) in [5.41, 5.74) is 0. The van der Waals surface area contributed by atoms with Crippen LogP contribution in [-0.4, -0.2) is 49.7 Å². The molecule has 4 nitrogen and oxygen atoms in total. The van der Waals surface area contributed by atoms with Gasteiger partial charge in [-0.1, -0.05) is 6.92 Å². The summed E-state index contributed by atoms with van der Waals surface area (Å²) in [4.78, 5) is 13.6. The lowest BCUT2D eigenvalue weighted by molar-refractivity contribution is -0.138. The largest absolute Gasteiger partial charge is 0.375 e. The molecule has 1 N–H and O–H groups in total. The van der Waals surface area contributed by atoms with Crippen molar-refractivity contribution < 1.29 is 9.53 Å². The van der Waals surface area contributed by atoms with E-state index in [1.165, 1.54) is 0 Å². The van der Waals surface area contributed by atoms with Gasteiger partial charge in [-0.3, -0.25) is 4.79 Å². The van der Waals surface area contributed by atoms with Crippen molar-refractivity contribution in [3.63, 3.8) is 0 Å². The van der Waals surface area contributed by atoms with Crippen molar-refractivity contribution in [2.45, 2.75) is 32.4 Å². The van der Waals surface area contributed by atoms with E-state index in [0.717, 1.165) is 19.5 Å². The van der Waals surface area contributed by atoms with Crippen molar-refractivity contribution in [2.24, 2.45) is 0 Å². The Kier molecular flexibility index (Phi) is 6.89. The molecule has 1 saturated heterocycles. The quantitative estimate of drug-likeness (QED) is 0.783. The van der Waals surface area contributed by atoms with E-state index in [1.807, 2.05) is 14.0 Å². The average molecular weight is 237 g/mol. The molecular formula is C10H21ClN2O2. The molecule has 1 rings (SSSR count). The predicted molar refractivity (Wildman–Crippen MR) is 62.4 cm³/mol. The van der Waals surface area contributed by atoms with Gasteiger partial charge in [0.25, 0.3) is 0 Å². The fraction of sp³-hybridized carbons (Fsp3) is 0.900. The van der Waals surface area contributed by atoms with Crippen LogP contribution in [0.4, 0.5) is 0 Å². The Bertz CT molecular complexity index is 202. The molecule has 1 aliphatic heterocycles. The molecule has 1 fully saturated rings. The minimum Gasteiger partial charge on any atom is -0.375 e. The van der Waals surface area contributed by atoms with E-state index >= 15 is 0 Å². The smallest absolute Gasteiger partial charge is 0.242 e. The molecular weight excluding hydrogens is 216 g/mol. The first-order chi connectivity index (χ1) is 6.66. The van der Waals surface area contributed by atoms with Crippen molar-refractivity contribution in [3.8, 4) is 0 Å². The number of likely N-dealkylation sites (N-methyl/N-ethyl adjacent to an activating group) is 1. The van der Waals surface area contributed by atoms with Crippen molar-refractivity contribution in [2.75, 3.05) is 26.7 Å². The molecule has 1 amide bonds. The Labute approximate surface area is 97.8 Å². The molecule has 0 bridgehead atoms. The van der Waals surface area contributed by atoms with Crippen molar-refractivity contribution >= 4 is 18.3 Å². The second-order valence-electron chi connectivity index (χ2n) is 3.77. The standard InChI is InChI=1S/C10H20N2O2.ClH/c1-4-6-12(3)10(13)9-8(2)14-7-5-11-9;/h8-9,11H,4-7H2,1-3H3;1H/t8-,9+;/m1./s1. The van der Waals surface area contributed by atoms with Gasteiger partial charge in [0.2, 0.25) is 5.91 Å². The van der Waals surface area contributed by atoms with Gasteiger partial charge < -0.3 is 15.0 Å². The molecule has 0 aromatic heterocycles. The summed E-state index contributed by atoms with van der Waals surface area (Å²) in [6.07, 6.45) is 0.972. The lowest BCUT2D eigenvalue weighted by Gasteiger charge is -2.32. The monoisotopic (exact) mass is 236 g/mol. The highest BCUT2D eigenvalue weighted by molar-refractivity contribution is 5.85. The highest BCUT2D eigenvalue weighted by Gasteiger charge is 2.29. The maximum atomic E-state index is 11.9. The number of nitrogens with zero attached hydrogens (tertiary/aromatic N) is 1. The second-order valence-corrected chi connectivity index (χ2v) is 3.77. The van der Waals surface area contributed by atoms with E-state index in [9.17, 15) is 4.79 Å². The van der Waals surface area contributed by atoms with Gasteiger partial charge in [-0.25, -0.2) is 0 Å². The van der Waals surface area contributed by atoms with Crippen molar-refractivity contribution in [3.05, 3.63) is 0 Å². The van der Waals surface area contributed by atoms with Crippen molar-refractivity contribution in [1.29, 1.82) is 0 Å². The molecule has 0 saturated carbocycles. The molecule has 0 aromatic rings. The highest BCUT2D eigenvalue weighted by atomic mass is 35.5. The van der Waals surface area contributed by atoms with Gasteiger partial charge in [0, 0.05) is 20.1 Å². The number of morpholine rings is 1. The molecule has 1 aliphatic rings. The molecule has 2 atom stereocenters. The zero-order chi connectivity index (χ0) is 10.6. The van der Waals surface area contributed by atoms with Gasteiger partial charge in [0.1, 0.15) is 6.04 Å². The Morgan fingerprint density at radius 3 is 2.80 bits per heavy atom. The lowest BCUT2D eigenvalue weighted by atomic mass is 10.1. The third-order valence-corrected chi connectivity index (χ3v) is 2.52. The maximum Gasteiger partial charge on any atom is 0.242 e. The molecule has 5 heteroatoms. The van der Waals surface area contributed by atoms with Gasteiger partial charge in [-0.15, -0.1) is 12.4 Å². The minimum absolute atomic E-state index is 0. The summed E-state index contributed by atoms with van der Waals surface area (Å²) < 4.78 is 5.43. The molecule has 0 radical (unpaired) electrons. The van der Waals surface area contributed by atoms with E-state index in [0.29, 0.717) is 6.61 Å². The first kappa shape index (κ1) is 14.7. The first-order valence-electron chi connectivity index (χ1n) is 5.26.